The highest BCUT2D eigenvalue weighted by Gasteiger charge is 2.36. The average molecular weight is 546 g/mol. The van der Waals surface area contributed by atoms with E-state index in [9.17, 15) is 13.2 Å². The smallest absolute Gasteiger partial charge is 0.235 e. The van der Waals surface area contributed by atoms with Crippen LogP contribution in [-0.4, -0.2) is 51.3 Å². The Hall–Kier alpha value is -2.49. The topological polar surface area (TPSA) is 101 Å². The second-order valence-corrected chi connectivity index (χ2v) is 13.5. The third-order valence-electron chi connectivity index (χ3n) is 7.04. The molecule has 2 aromatic heterocycles. The van der Waals surface area contributed by atoms with Crippen molar-refractivity contribution >= 4 is 38.3 Å². The fraction of sp³-hybridized carbons (Fsp3) is 0.519. The average Bonchev–Trinajstić information content (AvgIpc) is 3.32. The molecule has 0 aliphatic carbocycles. The lowest BCUT2D eigenvalue weighted by Crippen LogP contribution is -2.49. The number of hydrogen-bond donors (Lipinski definition) is 1. The molecular formula is C27H36ClN5O3S. The zero-order valence-corrected chi connectivity index (χ0v) is 24.0. The first-order valence-corrected chi connectivity index (χ1v) is 14.5. The molecule has 3 heterocycles. The predicted molar refractivity (Wildman–Crippen MR) is 148 cm³/mol. The van der Waals surface area contributed by atoms with E-state index in [0.29, 0.717) is 48.8 Å². The molecule has 1 saturated heterocycles. The number of halogens is 1. The summed E-state index contributed by atoms with van der Waals surface area (Å²) in [6.07, 6.45) is 1.63. The summed E-state index contributed by atoms with van der Waals surface area (Å²) in [6.45, 7) is 16.4. The van der Waals surface area contributed by atoms with Gasteiger partial charge < -0.3 is 4.57 Å². The summed E-state index contributed by atoms with van der Waals surface area (Å²) in [4.78, 5) is 18.1. The van der Waals surface area contributed by atoms with Gasteiger partial charge in [0, 0.05) is 53.5 Å². The van der Waals surface area contributed by atoms with Gasteiger partial charge in [-0.1, -0.05) is 39.0 Å². The minimum Gasteiger partial charge on any atom is -0.323 e. The van der Waals surface area contributed by atoms with Crippen LogP contribution in [0.25, 0.3) is 10.9 Å². The SMILES string of the molecule is C=CS(=O)(=O)N1CC(CC(=O)c2c(C)nc(CCc3[nH]nc4cc(Cl)c(C(C)(C)C)cc34)n2C(C)C)C1. The van der Waals surface area contributed by atoms with Gasteiger partial charge in [-0.25, -0.2) is 13.4 Å². The number of ketones is 1. The summed E-state index contributed by atoms with van der Waals surface area (Å²) in [5.74, 6) is 0.857. The van der Waals surface area contributed by atoms with Gasteiger partial charge in [0.25, 0.3) is 0 Å². The molecule has 1 aliphatic rings. The molecule has 200 valence electrons. The van der Waals surface area contributed by atoms with E-state index in [-0.39, 0.29) is 23.2 Å². The molecule has 0 bridgehead atoms. The third-order valence-corrected chi connectivity index (χ3v) is 8.79. The Labute approximate surface area is 224 Å². The maximum Gasteiger partial charge on any atom is 0.235 e. The van der Waals surface area contributed by atoms with Crippen LogP contribution in [0.15, 0.2) is 24.1 Å². The number of sulfonamides is 1. The first kappa shape index (κ1) is 27.5. The molecule has 1 aliphatic heterocycles. The number of aromatic amines is 1. The van der Waals surface area contributed by atoms with E-state index in [1.807, 2.05) is 31.4 Å². The van der Waals surface area contributed by atoms with Crippen LogP contribution in [0.2, 0.25) is 5.02 Å². The number of carbonyl (C=O) groups excluding carboxylic acids is 1. The van der Waals surface area contributed by atoms with Crippen molar-refractivity contribution in [1.82, 2.24) is 24.1 Å². The summed E-state index contributed by atoms with van der Waals surface area (Å²) in [5, 5.41) is 10.3. The van der Waals surface area contributed by atoms with E-state index < -0.39 is 10.0 Å². The number of H-pyrrole nitrogens is 1. The summed E-state index contributed by atoms with van der Waals surface area (Å²) >= 11 is 6.53. The molecule has 1 N–H and O–H groups in total. The number of benzene rings is 1. The normalized spacial score (nSPS) is 15.5. The Morgan fingerprint density at radius 1 is 1.27 bits per heavy atom. The molecule has 0 radical (unpaired) electrons. The molecule has 0 saturated carbocycles. The zero-order chi connectivity index (χ0) is 27.3. The van der Waals surface area contributed by atoms with Gasteiger partial charge in [0.1, 0.15) is 11.5 Å². The van der Waals surface area contributed by atoms with Crippen molar-refractivity contribution in [3.8, 4) is 0 Å². The minimum atomic E-state index is -3.43. The van der Waals surface area contributed by atoms with Crippen LogP contribution in [0.3, 0.4) is 0 Å². The van der Waals surface area contributed by atoms with Crippen LogP contribution in [0.4, 0.5) is 0 Å². The molecule has 1 fully saturated rings. The second-order valence-electron chi connectivity index (χ2n) is 11.2. The number of aryl methyl sites for hydroxylation is 3. The number of Topliss-reactive ketones (excluding diaryl/α,β-unsaturated/α-hetero) is 1. The lowest BCUT2D eigenvalue weighted by Gasteiger charge is -2.36. The van der Waals surface area contributed by atoms with Crippen LogP contribution in [0, 0.1) is 12.8 Å². The maximum absolute atomic E-state index is 13.3. The molecule has 0 amide bonds. The predicted octanol–water partition coefficient (Wildman–Crippen LogP) is 5.36. The van der Waals surface area contributed by atoms with E-state index in [4.69, 9.17) is 16.6 Å². The molecule has 3 aromatic rings. The number of nitrogens with one attached hydrogen (secondary N) is 1. The summed E-state index contributed by atoms with van der Waals surface area (Å²) in [7, 11) is -3.43. The van der Waals surface area contributed by atoms with E-state index in [1.54, 1.807) is 0 Å². The summed E-state index contributed by atoms with van der Waals surface area (Å²) in [6, 6.07) is 4.09. The van der Waals surface area contributed by atoms with E-state index in [1.165, 1.54) is 4.31 Å². The van der Waals surface area contributed by atoms with Crippen LogP contribution < -0.4 is 0 Å². The molecule has 0 unspecified atom stereocenters. The Bertz CT molecular complexity index is 1460. The van der Waals surface area contributed by atoms with Gasteiger partial charge >= 0.3 is 0 Å². The van der Waals surface area contributed by atoms with Crippen LogP contribution in [0.1, 0.15) is 80.3 Å². The number of fused-ring (bicyclic) bond motifs is 1. The van der Waals surface area contributed by atoms with Gasteiger partial charge in [0.05, 0.1) is 11.2 Å². The molecule has 10 heteroatoms. The van der Waals surface area contributed by atoms with Gasteiger partial charge in [0.2, 0.25) is 10.0 Å². The number of aromatic nitrogens is 4. The Morgan fingerprint density at radius 3 is 2.54 bits per heavy atom. The number of nitrogens with zero attached hydrogens (tertiary/aromatic N) is 4. The highest BCUT2D eigenvalue weighted by Crippen LogP contribution is 2.34. The Kier molecular flexibility index (Phi) is 7.44. The van der Waals surface area contributed by atoms with Gasteiger partial charge in [-0.3, -0.25) is 9.89 Å². The van der Waals surface area contributed by atoms with Crippen molar-refractivity contribution in [3.05, 3.63) is 57.6 Å². The van der Waals surface area contributed by atoms with Gasteiger partial charge in [-0.15, -0.1) is 0 Å². The number of hydrogen-bond acceptors (Lipinski definition) is 5. The fourth-order valence-corrected chi connectivity index (χ4v) is 6.57. The standard InChI is InChI=1S/C27H36ClN5O3S/c1-8-37(35,36)32-14-18(15-32)11-24(34)26-17(4)29-25(33(26)16(2)3)10-9-22-19-12-20(27(5,6)7)21(28)13-23(19)31-30-22/h8,12-13,16,18H,1,9-11,14-15H2,2-7H3,(H,30,31). The maximum atomic E-state index is 13.3. The molecule has 1 aromatic carbocycles. The van der Waals surface area contributed by atoms with E-state index in [0.717, 1.165) is 33.4 Å². The Balaban J connectivity index is 1.54. The van der Waals surface area contributed by atoms with Crippen molar-refractivity contribution < 1.29 is 13.2 Å². The highest BCUT2D eigenvalue weighted by molar-refractivity contribution is 7.92. The quantitative estimate of drug-likeness (QED) is 0.365. The lowest BCUT2D eigenvalue weighted by molar-refractivity contribution is 0.0894. The lowest BCUT2D eigenvalue weighted by atomic mass is 9.86. The van der Waals surface area contributed by atoms with Crippen molar-refractivity contribution in [2.75, 3.05) is 13.1 Å². The Morgan fingerprint density at radius 2 is 1.95 bits per heavy atom. The molecule has 0 spiro atoms. The minimum absolute atomic E-state index is 0.000723. The number of carbonyl (C=O) groups is 1. The molecule has 4 rings (SSSR count). The van der Waals surface area contributed by atoms with Crippen molar-refractivity contribution in [2.45, 2.75) is 72.3 Å². The zero-order valence-electron chi connectivity index (χ0n) is 22.4. The van der Waals surface area contributed by atoms with Crippen molar-refractivity contribution in [2.24, 2.45) is 5.92 Å². The van der Waals surface area contributed by atoms with Crippen molar-refractivity contribution in [3.63, 3.8) is 0 Å². The number of rotatable bonds is 9. The molecular weight excluding hydrogens is 510 g/mol. The fourth-order valence-electron chi connectivity index (χ4n) is 5.08. The monoisotopic (exact) mass is 545 g/mol. The van der Waals surface area contributed by atoms with E-state index in [2.05, 4.69) is 43.6 Å². The van der Waals surface area contributed by atoms with Gasteiger partial charge in [-0.05, 0) is 56.2 Å². The van der Waals surface area contributed by atoms with Gasteiger partial charge in [-0.2, -0.15) is 9.40 Å². The van der Waals surface area contributed by atoms with Crippen molar-refractivity contribution in [1.29, 1.82) is 0 Å². The molecule has 0 atom stereocenters. The molecule has 8 nitrogen and oxygen atoms in total. The summed E-state index contributed by atoms with van der Waals surface area (Å²) in [5.41, 5.74) is 4.16. The first-order chi connectivity index (χ1) is 17.2. The van der Waals surface area contributed by atoms with Crippen LogP contribution in [-0.2, 0) is 28.3 Å². The van der Waals surface area contributed by atoms with Gasteiger partial charge in [0.15, 0.2) is 5.78 Å². The van der Waals surface area contributed by atoms with Crippen LogP contribution in [0.5, 0.6) is 0 Å². The number of imidazole rings is 1. The first-order valence-electron chi connectivity index (χ1n) is 12.6. The highest BCUT2D eigenvalue weighted by atomic mass is 35.5. The largest absolute Gasteiger partial charge is 0.323 e. The summed E-state index contributed by atoms with van der Waals surface area (Å²) < 4.78 is 27.2. The van der Waals surface area contributed by atoms with Crippen LogP contribution >= 0.6 is 11.6 Å². The second kappa shape index (κ2) is 10.0. The third kappa shape index (κ3) is 5.40. The van der Waals surface area contributed by atoms with E-state index >= 15 is 0 Å². The molecule has 37 heavy (non-hydrogen) atoms.